The first kappa shape index (κ1) is 13.2. The average Bonchev–Trinajstić information content (AvgIpc) is 2.60. The van der Waals surface area contributed by atoms with E-state index < -0.39 is 17.2 Å². The predicted octanol–water partition coefficient (Wildman–Crippen LogP) is 3.13. The van der Waals surface area contributed by atoms with Gasteiger partial charge >= 0.3 is 0 Å². The van der Waals surface area contributed by atoms with Crippen molar-refractivity contribution < 1.29 is 13.9 Å². The molecule has 1 N–H and O–H groups in total. The van der Waals surface area contributed by atoms with Crippen LogP contribution in [0.15, 0.2) is 36.5 Å². The Hall–Kier alpha value is -1.81. The van der Waals surface area contributed by atoms with E-state index in [4.69, 9.17) is 0 Å². The summed E-state index contributed by atoms with van der Waals surface area (Å²) in [7, 11) is 0. The lowest BCUT2D eigenvalue weighted by molar-refractivity contribution is 0.0278. The zero-order valence-electron chi connectivity index (χ0n) is 10.9. The van der Waals surface area contributed by atoms with Gasteiger partial charge in [-0.1, -0.05) is 12.1 Å². The molecule has 1 aliphatic carbocycles. The molecule has 0 saturated heterocycles. The third-order valence-electron chi connectivity index (χ3n) is 3.93. The molecule has 4 heteroatoms. The first-order chi connectivity index (χ1) is 9.58. The minimum Gasteiger partial charge on any atom is -0.385 e. The van der Waals surface area contributed by atoms with Gasteiger partial charge in [0.25, 0.3) is 0 Å². The van der Waals surface area contributed by atoms with Crippen LogP contribution < -0.4 is 0 Å². The van der Waals surface area contributed by atoms with Gasteiger partial charge in [-0.15, -0.1) is 0 Å². The monoisotopic (exact) mass is 275 g/mol. The summed E-state index contributed by atoms with van der Waals surface area (Å²) in [5, 5.41) is 10.9. The second-order valence-electron chi connectivity index (χ2n) is 5.30. The Kier molecular flexibility index (Phi) is 3.26. The lowest BCUT2D eigenvalue weighted by Gasteiger charge is -2.27. The number of rotatable bonds is 1. The number of pyridine rings is 1. The average molecular weight is 275 g/mol. The highest BCUT2D eigenvalue weighted by atomic mass is 19.2. The molecule has 0 bridgehead atoms. The van der Waals surface area contributed by atoms with Crippen LogP contribution in [0, 0.1) is 11.6 Å². The van der Waals surface area contributed by atoms with Gasteiger partial charge in [0.05, 0.1) is 5.60 Å². The van der Waals surface area contributed by atoms with E-state index in [1.807, 2.05) is 12.1 Å². The fourth-order valence-electron chi connectivity index (χ4n) is 2.84. The second kappa shape index (κ2) is 4.94. The van der Waals surface area contributed by atoms with Crippen molar-refractivity contribution in [2.45, 2.75) is 31.3 Å². The molecule has 0 aliphatic heterocycles. The van der Waals surface area contributed by atoms with Crippen molar-refractivity contribution in [3.63, 3.8) is 0 Å². The zero-order chi connectivity index (χ0) is 14.2. The highest BCUT2D eigenvalue weighted by Gasteiger charge is 2.33. The van der Waals surface area contributed by atoms with Gasteiger partial charge < -0.3 is 5.11 Å². The maximum atomic E-state index is 13.4. The summed E-state index contributed by atoms with van der Waals surface area (Å²) in [6, 6.07) is 7.38. The predicted molar refractivity (Wildman–Crippen MR) is 71.1 cm³/mol. The van der Waals surface area contributed by atoms with Gasteiger partial charge in [-0.25, -0.2) is 8.78 Å². The van der Waals surface area contributed by atoms with Crippen LogP contribution in [0.5, 0.6) is 0 Å². The summed E-state index contributed by atoms with van der Waals surface area (Å²) in [6.07, 6.45) is 4.18. The molecule has 1 aromatic heterocycles. The number of halogens is 2. The van der Waals surface area contributed by atoms with E-state index in [0.717, 1.165) is 36.2 Å². The summed E-state index contributed by atoms with van der Waals surface area (Å²) in [4.78, 5) is 4.32. The number of aliphatic hydroxyl groups is 1. The highest BCUT2D eigenvalue weighted by Crippen LogP contribution is 2.35. The number of hydrogen-bond acceptors (Lipinski definition) is 2. The van der Waals surface area contributed by atoms with Crippen LogP contribution >= 0.6 is 0 Å². The summed E-state index contributed by atoms with van der Waals surface area (Å²) < 4.78 is 26.4. The normalized spacial score (nSPS) is 22.1. The van der Waals surface area contributed by atoms with Crippen LogP contribution in [-0.4, -0.2) is 10.1 Å². The van der Waals surface area contributed by atoms with E-state index in [1.165, 1.54) is 6.07 Å². The topological polar surface area (TPSA) is 33.1 Å². The van der Waals surface area contributed by atoms with E-state index in [1.54, 1.807) is 6.20 Å². The van der Waals surface area contributed by atoms with Crippen LogP contribution in [0.25, 0.3) is 0 Å². The first-order valence-corrected chi connectivity index (χ1v) is 6.69. The van der Waals surface area contributed by atoms with Crippen molar-refractivity contribution in [3.8, 4) is 0 Å². The number of aryl methyl sites for hydroxylation is 1. The van der Waals surface area contributed by atoms with Crippen LogP contribution in [-0.2, 0) is 18.4 Å². The van der Waals surface area contributed by atoms with Crippen molar-refractivity contribution in [1.29, 1.82) is 0 Å². The van der Waals surface area contributed by atoms with E-state index in [2.05, 4.69) is 4.98 Å². The van der Waals surface area contributed by atoms with Gasteiger partial charge in [0, 0.05) is 18.3 Å². The molecule has 1 aromatic carbocycles. The molecule has 1 unspecified atom stereocenters. The maximum absolute atomic E-state index is 13.4. The minimum absolute atomic E-state index is 0.376. The van der Waals surface area contributed by atoms with Crippen LogP contribution in [0.4, 0.5) is 8.78 Å². The van der Waals surface area contributed by atoms with E-state index in [0.29, 0.717) is 18.4 Å². The number of fused-ring (bicyclic) bond motifs is 1. The zero-order valence-corrected chi connectivity index (χ0v) is 10.9. The Morgan fingerprint density at radius 1 is 1.15 bits per heavy atom. The number of nitrogens with zero attached hydrogens (tertiary/aromatic N) is 1. The lowest BCUT2D eigenvalue weighted by atomic mass is 9.85. The summed E-state index contributed by atoms with van der Waals surface area (Å²) >= 11 is 0. The molecule has 0 spiro atoms. The molecule has 0 saturated carbocycles. The Morgan fingerprint density at radius 2 is 2.00 bits per heavy atom. The van der Waals surface area contributed by atoms with Gasteiger partial charge in [0.15, 0.2) is 11.6 Å². The van der Waals surface area contributed by atoms with E-state index in [9.17, 15) is 13.9 Å². The molecule has 0 amide bonds. The molecule has 1 atom stereocenters. The first-order valence-electron chi connectivity index (χ1n) is 6.69. The third-order valence-corrected chi connectivity index (χ3v) is 3.93. The molecular formula is C16H15F2NO. The summed E-state index contributed by atoms with van der Waals surface area (Å²) in [6.45, 7) is 0. The number of aromatic nitrogens is 1. The largest absolute Gasteiger partial charge is 0.385 e. The summed E-state index contributed by atoms with van der Waals surface area (Å²) in [5.74, 6) is -1.82. The molecule has 3 rings (SSSR count). The molecule has 0 radical (unpaired) electrons. The van der Waals surface area contributed by atoms with E-state index >= 15 is 0 Å². The molecular weight excluding hydrogens is 260 g/mol. The Bertz CT molecular complexity index is 644. The number of hydrogen-bond donors (Lipinski definition) is 1. The minimum atomic E-state index is -1.16. The molecule has 2 aromatic rings. The van der Waals surface area contributed by atoms with Crippen LogP contribution in [0.3, 0.4) is 0 Å². The van der Waals surface area contributed by atoms with Gasteiger partial charge in [0.2, 0.25) is 0 Å². The Labute approximate surface area is 116 Å². The SMILES string of the molecule is OC1(c2ccc(F)c(F)c2)CCCc2ncccc2C1. The van der Waals surface area contributed by atoms with E-state index in [-0.39, 0.29) is 0 Å². The smallest absolute Gasteiger partial charge is 0.159 e. The standard InChI is InChI=1S/C16H15F2NO/c17-13-6-5-12(9-14(13)18)16(20)7-1-4-15-11(10-16)3-2-8-19-15/h2-3,5-6,8-9,20H,1,4,7,10H2. The van der Waals surface area contributed by atoms with Crippen molar-refractivity contribution in [3.05, 3.63) is 65.0 Å². The number of benzene rings is 1. The highest BCUT2D eigenvalue weighted by molar-refractivity contribution is 5.31. The van der Waals surface area contributed by atoms with Crippen molar-refractivity contribution in [2.75, 3.05) is 0 Å². The molecule has 1 aliphatic rings. The molecule has 2 nitrogen and oxygen atoms in total. The van der Waals surface area contributed by atoms with Crippen molar-refractivity contribution in [1.82, 2.24) is 4.98 Å². The third kappa shape index (κ3) is 2.31. The summed E-state index contributed by atoms with van der Waals surface area (Å²) in [5.41, 5.74) is 1.21. The Balaban J connectivity index is 2.01. The van der Waals surface area contributed by atoms with Crippen molar-refractivity contribution in [2.24, 2.45) is 0 Å². The quantitative estimate of drug-likeness (QED) is 0.811. The molecule has 0 fully saturated rings. The van der Waals surface area contributed by atoms with Gasteiger partial charge in [-0.3, -0.25) is 4.98 Å². The second-order valence-corrected chi connectivity index (χ2v) is 5.30. The van der Waals surface area contributed by atoms with Crippen LogP contribution in [0.1, 0.15) is 29.7 Å². The fourth-order valence-corrected chi connectivity index (χ4v) is 2.84. The van der Waals surface area contributed by atoms with Gasteiger partial charge in [0.1, 0.15) is 0 Å². The van der Waals surface area contributed by atoms with Gasteiger partial charge in [-0.05, 0) is 48.6 Å². The molecule has 104 valence electrons. The lowest BCUT2D eigenvalue weighted by Crippen LogP contribution is -2.28. The Morgan fingerprint density at radius 3 is 2.80 bits per heavy atom. The molecule has 20 heavy (non-hydrogen) atoms. The molecule has 1 heterocycles. The van der Waals surface area contributed by atoms with Gasteiger partial charge in [-0.2, -0.15) is 0 Å². The fraction of sp³-hybridized carbons (Fsp3) is 0.312. The maximum Gasteiger partial charge on any atom is 0.159 e. The van der Waals surface area contributed by atoms with Crippen LogP contribution in [0.2, 0.25) is 0 Å². The van der Waals surface area contributed by atoms with Crippen molar-refractivity contribution >= 4 is 0 Å².